The third kappa shape index (κ3) is 2.51. The molecule has 0 spiro atoms. The van der Waals surface area contributed by atoms with Crippen LogP contribution in [-0.2, 0) is 0 Å². The standard InChI is InChI=1S/C15H23FN2/c1-10-7-11(2)18(9-10)15-6-5-13(16)8-14(15)12(3)17-4/h5-6,8,10-12,17H,7,9H2,1-4H3. The van der Waals surface area contributed by atoms with E-state index in [-0.39, 0.29) is 11.9 Å². The molecule has 1 aromatic carbocycles. The molecular formula is C15H23FN2. The fourth-order valence-electron chi connectivity index (χ4n) is 2.92. The number of nitrogens with zero attached hydrogens (tertiary/aromatic N) is 1. The van der Waals surface area contributed by atoms with Crippen molar-refractivity contribution in [2.45, 2.75) is 39.3 Å². The molecule has 3 unspecified atom stereocenters. The largest absolute Gasteiger partial charge is 0.368 e. The van der Waals surface area contributed by atoms with E-state index in [1.807, 2.05) is 13.1 Å². The molecule has 0 radical (unpaired) electrons. The Morgan fingerprint density at radius 1 is 1.39 bits per heavy atom. The Kier molecular flexibility index (Phi) is 3.91. The van der Waals surface area contributed by atoms with Crippen molar-refractivity contribution in [1.29, 1.82) is 0 Å². The van der Waals surface area contributed by atoms with E-state index in [4.69, 9.17) is 0 Å². The molecule has 1 heterocycles. The summed E-state index contributed by atoms with van der Waals surface area (Å²) >= 11 is 0. The second-order valence-electron chi connectivity index (χ2n) is 5.56. The second kappa shape index (κ2) is 5.27. The highest BCUT2D eigenvalue weighted by molar-refractivity contribution is 5.56. The van der Waals surface area contributed by atoms with Crippen LogP contribution in [0.3, 0.4) is 0 Å². The van der Waals surface area contributed by atoms with Crippen molar-refractivity contribution in [3.63, 3.8) is 0 Å². The molecule has 1 aromatic rings. The first-order valence-electron chi connectivity index (χ1n) is 6.76. The monoisotopic (exact) mass is 250 g/mol. The summed E-state index contributed by atoms with van der Waals surface area (Å²) in [6, 6.07) is 5.85. The minimum atomic E-state index is -0.157. The van der Waals surface area contributed by atoms with Gasteiger partial charge in [-0.2, -0.15) is 0 Å². The molecule has 1 fully saturated rings. The smallest absolute Gasteiger partial charge is 0.123 e. The van der Waals surface area contributed by atoms with Gasteiger partial charge in [0, 0.05) is 24.3 Å². The van der Waals surface area contributed by atoms with Gasteiger partial charge >= 0.3 is 0 Å². The van der Waals surface area contributed by atoms with E-state index >= 15 is 0 Å². The molecule has 0 bridgehead atoms. The number of rotatable bonds is 3. The van der Waals surface area contributed by atoms with Crippen molar-refractivity contribution in [2.75, 3.05) is 18.5 Å². The minimum absolute atomic E-state index is 0.157. The third-order valence-electron chi connectivity index (χ3n) is 3.98. The molecule has 2 rings (SSSR count). The van der Waals surface area contributed by atoms with Crippen LogP contribution in [0.15, 0.2) is 18.2 Å². The number of halogens is 1. The lowest BCUT2D eigenvalue weighted by atomic mass is 10.0. The van der Waals surface area contributed by atoms with E-state index < -0.39 is 0 Å². The average molecular weight is 250 g/mol. The summed E-state index contributed by atoms with van der Waals surface area (Å²) < 4.78 is 13.5. The first kappa shape index (κ1) is 13.3. The van der Waals surface area contributed by atoms with Gasteiger partial charge in [-0.1, -0.05) is 6.92 Å². The predicted molar refractivity (Wildman–Crippen MR) is 74.5 cm³/mol. The highest BCUT2D eigenvalue weighted by atomic mass is 19.1. The van der Waals surface area contributed by atoms with Crippen molar-refractivity contribution in [3.05, 3.63) is 29.6 Å². The van der Waals surface area contributed by atoms with Gasteiger partial charge in [-0.15, -0.1) is 0 Å². The molecule has 3 heteroatoms. The number of anilines is 1. The first-order chi connectivity index (χ1) is 8.52. The van der Waals surface area contributed by atoms with Gasteiger partial charge in [0.05, 0.1) is 0 Å². The molecule has 0 saturated carbocycles. The minimum Gasteiger partial charge on any atom is -0.368 e. The van der Waals surface area contributed by atoms with Crippen LogP contribution < -0.4 is 10.2 Å². The molecule has 1 aliphatic rings. The lowest BCUT2D eigenvalue weighted by Crippen LogP contribution is -2.29. The van der Waals surface area contributed by atoms with Crippen LogP contribution in [-0.4, -0.2) is 19.6 Å². The van der Waals surface area contributed by atoms with Crippen molar-refractivity contribution >= 4 is 5.69 Å². The summed E-state index contributed by atoms with van der Waals surface area (Å²) in [5.41, 5.74) is 2.23. The van der Waals surface area contributed by atoms with Crippen LogP contribution in [0.1, 0.15) is 38.8 Å². The summed E-state index contributed by atoms with van der Waals surface area (Å²) in [6.45, 7) is 7.67. The summed E-state index contributed by atoms with van der Waals surface area (Å²) in [5.74, 6) is 0.554. The zero-order chi connectivity index (χ0) is 13.3. The van der Waals surface area contributed by atoms with Crippen LogP contribution in [0.25, 0.3) is 0 Å². The van der Waals surface area contributed by atoms with Gasteiger partial charge in [0.25, 0.3) is 0 Å². The van der Waals surface area contributed by atoms with Gasteiger partial charge in [-0.25, -0.2) is 4.39 Å². The highest BCUT2D eigenvalue weighted by Gasteiger charge is 2.28. The molecule has 0 aliphatic carbocycles. The molecule has 1 aliphatic heterocycles. The fraction of sp³-hybridized carbons (Fsp3) is 0.600. The normalized spacial score (nSPS) is 25.5. The molecule has 0 amide bonds. The van der Waals surface area contributed by atoms with Crippen molar-refractivity contribution in [3.8, 4) is 0 Å². The summed E-state index contributed by atoms with van der Waals surface area (Å²) in [7, 11) is 1.91. The molecule has 100 valence electrons. The number of benzene rings is 1. The lowest BCUT2D eigenvalue weighted by Gasteiger charge is -2.28. The number of hydrogen-bond donors (Lipinski definition) is 1. The summed E-state index contributed by atoms with van der Waals surface area (Å²) in [5, 5.41) is 3.21. The van der Waals surface area contributed by atoms with E-state index in [9.17, 15) is 4.39 Å². The Bertz CT molecular complexity index is 419. The fourth-order valence-corrected chi connectivity index (χ4v) is 2.92. The van der Waals surface area contributed by atoms with E-state index in [2.05, 4.69) is 31.0 Å². The quantitative estimate of drug-likeness (QED) is 0.885. The van der Waals surface area contributed by atoms with Crippen molar-refractivity contribution in [1.82, 2.24) is 5.32 Å². The summed E-state index contributed by atoms with van der Waals surface area (Å²) in [6.07, 6.45) is 1.21. The predicted octanol–water partition coefficient (Wildman–Crippen LogP) is 3.34. The van der Waals surface area contributed by atoms with Gasteiger partial charge < -0.3 is 10.2 Å². The lowest BCUT2D eigenvalue weighted by molar-refractivity contribution is 0.605. The number of hydrogen-bond acceptors (Lipinski definition) is 2. The third-order valence-corrected chi connectivity index (χ3v) is 3.98. The van der Waals surface area contributed by atoms with Crippen LogP contribution in [0, 0.1) is 11.7 Å². The maximum atomic E-state index is 13.5. The summed E-state index contributed by atoms with van der Waals surface area (Å²) in [4.78, 5) is 2.41. The zero-order valence-corrected chi connectivity index (χ0v) is 11.7. The van der Waals surface area contributed by atoms with E-state index in [1.165, 1.54) is 12.1 Å². The van der Waals surface area contributed by atoms with Crippen molar-refractivity contribution < 1.29 is 4.39 Å². The molecular weight excluding hydrogens is 227 g/mol. The van der Waals surface area contributed by atoms with Gasteiger partial charge in [0.2, 0.25) is 0 Å². The molecule has 1 N–H and O–H groups in total. The van der Waals surface area contributed by atoms with Crippen molar-refractivity contribution in [2.24, 2.45) is 5.92 Å². The van der Waals surface area contributed by atoms with E-state index in [0.29, 0.717) is 12.0 Å². The number of nitrogens with one attached hydrogen (secondary N) is 1. The Labute approximate surface area is 109 Å². The average Bonchev–Trinajstić information content (AvgIpc) is 2.67. The molecule has 1 saturated heterocycles. The first-order valence-corrected chi connectivity index (χ1v) is 6.76. The van der Waals surface area contributed by atoms with Crippen LogP contribution in [0.5, 0.6) is 0 Å². The zero-order valence-electron chi connectivity index (χ0n) is 11.7. The van der Waals surface area contributed by atoms with Crippen LogP contribution >= 0.6 is 0 Å². The van der Waals surface area contributed by atoms with E-state index in [1.54, 1.807) is 12.1 Å². The second-order valence-corrected chi connectivity index (χ2v) is 5.56. The van der Waals surface area contributed by atoms with E-state index in [0.717, 1.165) is 12.1 Å². The van der Waals surface area contributed by atoms with Gasteiger partial charge in [-0.05, 0) is 57.0 Å². The van der Waals surface area contributed by atoms with Crippen LogP contribution in [0.2, 0.25) is 0 Å². The molecule has 2 nitrogen and oxygen atoms in total. The molecule has 0 aromatic heterocycles. The topological polar surface area (TPSA) is 15.3 Å². The maximum Gasteiger partial charge on any atom is 0.123 e. The SMILES string of the molecule is CNC(C)c1cc(F)ccc1N1CC(C)CC1C. The van der Waals surface area contributed by atoms with Gasteiger partial charge in [0.15, 0.2) is 0 Å². The van der Waals surface area contributed by atoms with Gasteiger partial charge in [0.1, 0.15) is 5.82 Å². The molecule has 3 atom stereocenters. The molecule has 18 heavy (non-hydrogen) atoms. The Morgan fingerprint density at radius 2 is 2.11 bits per heavy atom. The van der Waals surface area contributed by atoms with Crippen LogP contribution in [0.4, 0.5) is 10.1 Å². The van der Waals surface area contributed by atoms with Gasteiger partial charge in [-0.3, -0.25) is 0 Å². The Hall–Kier alpha value is -1.09. The Balaban J connectivity index is 2.37. The Morgan fingerprint density at radius 3 is 2.67 bits per heavy atom. The maximum absolute atomic E-state index is 13.5. The highest BCUT2D eigenvalue weighted by Crippen LogP contribution is 2.34.